The van der Waals surface area contributed by atoms with Crippen LogP contribution in [0, 0.1) is 5.92 Å². The first kappa shape index (κ1) is 13.1. The van der Waals surface area contributed by atoms with Crippen molar-refractivity contribution in [3.8, 4) is 0 Å². The topological polar surface area (TPSA) is 37.3 Å². The molecular formula is C9H20O2. The van der Waals surface area contributed by atoms with E-state index in [1.165, 1.54) is 12.8 Å². The van der Waals surface area contributed by atoms with Crippen molar-refractivity contribution < 1.29 is 9.90 Å². The highest BCUT2D eigenvalue weighted by molar-refractivity contribution is 5.69. The molecule has 0 aromatic rings. The largest absolute Gasteiger partial charge is 0.481 e. The van der Waals surface area contributed by atoms with Gasteiger partial charge in [-0.25, -0.2) is 0 Å². The SMILES string of the molecule is CCC(C)C(=O)O.CCCC. The van der Waals surface area contributed by atoms with E-state index in [1.807, 2.05) is 6.92 Å². The van der Waals surface area contributed by atoms with Crippen molar-refractivity contribution in [1.82, 2.24) is 0 Å². The predicted octanol–water partition coefficient (Wildman–Crippen LogP) is 2.92. The molecule has 0 radical (unpaired) electrons. The molecule has 0 aromatic carbocycles. The minimum Gasteiger partial charge on any atom is -0.481 e. The summed E-state index contributed by atoms with van der Waals surface area (Å²) in [5.74, 6) is -0.887. The van der Waals surface area contributed by atoms with Gasteiger partial charge in [0.2, 0.25) is 0 Å². The zero-order valence-electron chi connectivity index (χ0n) is 8.05. The number of hydrogen-bond donors (Lipinski definition) is 1. The third kappa shape index (κ3) is 12.6. The summed E-state index contributed by atoms with van der Waals surface area (Å²) in [4.78, 5) is 9.93. The molecule has 2 nitrogen and oxygen atoms in total. The van der Waals surface area contributed by atoms with Crippen LogP contribution in [0.1, 0.15) is 47.0 Å². The van der Waals surface area contributed by atoms with Crippen molar-refractivity contribution in [3.05, 3.63) is 0 Å². The molecule has 0 aliphatic rings. The Hall–Kier alpha value is -0.530. The van der Waals surface area contributed by atoms with E-state index in [-0.39, 0.29) is 5.92 Å². The second kappa shape index (κ2) is 9.47. The van der Waals surface area contributed by atoms with Gasteiger partial charge in [0.25, 0.3) is 0 Å². The van der Waals surface area contributed by atoms with Gasteiger partial charge in [-0.05, 0) is 6.42 Å². The number of unbranched alkanes of at least 4 members (excludes halogenated alkanes) is 1. The van der Waals surface area contributed by atoms with Crippen LogP contribution in [0.15, 0.2) is 0 Å². The van der Waals surface area contributed by atoms with Gasteiger partial charge in [-0.2, -0.15) is 0 Å². The molecular weight excluding hydrogens is 140 g/mol. The lowest BCUT2D eigenvalue weighted by Gasteiger charge is -1.96. The number of rotatable bonds is 3. The Morgan fingerprint density at radius 2 is 1.64 bits per heavy atom. The molecule has 1 unspecified atom stereocenters. The van der Waals surface area contributed by atoms with Crippen molar-refractivity contribution >= 4 is 5.97 Å². The van der Waals surface area contributed by atoms with Gasteiger partial charge in [-0.15, -0.1) is 0 Å². The molecule has 0 heterocycles. The number of carboxylic acids is 1. The Labute approximate surface area is 69.6 Å². The first-order valence-corrected chi connectivity index (χ1v) is 4.32. The Bertz CT molecular complexity index is 87.6. The highest BCUT2D eigenvalue weighted by atomic mass is 16.4. The zero-order chi connectivity index (χ0) is 9.28. The molecule has 0 spiro atoms. The van der Waals surface area contributed by atoms with Gasteiger partial charge in [-0.3, -0.25) is 4.79 Å². The van der Waals surface area contributed by atoms with E-state index in [1.54, 1.807) is 6.92 Å². The summed E-state index contributed by atoms with van der Waals surface area (Å²) in [5.41, 5.74) is 0. The van der Waals surface area contributed by atoms with Crippen LogP contribution in [0.3, 0.4) is 0 Å². The molecule has 11 heavy (non-hydrogen) atoms. The van der Waals surface area contributed by atoms with Crippen molar-refractivity contribution in [2.24, 2.45) is 5.92 Å². The van der Waals surface area contributed by atoms with Gasteiger partial charge < -0.3 is 5.11 Å². The normalized spacial score (nSPS) is 11.3. The lowest BCUT2D eigenvalue weighted by atomic mass is 10.1. The van der Waals surface area contributed by atoms with Crippen LogP contribution in [0.4, 0.5) is 0 Å². The van der Waals surface area contributed by atoms with Gasteiger partial charge in [0, 0.05) is 0 Å². The van der Waals surface area contributed by atoms with E-state index in [9.17, 15) is 4.79 Å². The third-order valence-corrected chi connectivity index (χ3v) is 1.53. The van der Waals surface area contributed by atoms with E-state index < -0.39 is 5.97 Å². The Balaban J connectivity index is 0. The Morgan fingerprint density at radius 1 is 1.27 bits per heavy atom. The average Bonchev–Trinajstić information content (AvgIpc) is 2.03. The van der Waals surface area contributed by atoms with Crippen LogP contribution in [-0.2, 0) is 4.79 Å². The monoisotopic (exact) mass is 160 g/mol. The maximum Gasteiger partial charge on any atom is 0.306 e. The summed E-state index contributed by atoms with van der Waals surface area (Å²) in [7, 11) is 0. The minimum absolute atomic E-state index is 0.181. The van der Waals surface area contributed by atoms with Crippen LogP contribution in [0.5, 0.6) is 0 Å². The van der Waals surface area contributed by atoms with Crippen LogP contribution < -0.4 is 0 Å². The molecule has 0 aliphatic heterocycles. The first-order chi connectivity index (χ1) is 5.09. The molecule has 0 fully saturated rings. The molecule has 2 heteroatoms. The van der Waals surface area contributed by atoms with Crippen LogP contribution in [0.25, 0.3) is 0 Å². The lowest BCUT2D eigenvalue weighted by Crippen LogP contribution is -2.06. The first-order valence-electron chi connectivity index (χ1n) is 4.32. The molecule has 0 aromatic heterocycles. The summed E-state index contributed by atoms with van der Waals surface area (Å²) in [6.45, 7) is 7.92. The van der Waals surface area contributed by atoms with E-state index >= 15 is 0 Å². The maximum atomic E-state index is 9.93. The van der Waals surface area contributed by atoms with Crippen molar-refractivity contribution in [3.63, 3.8) is 0 Å². The Morgan fingerprint density at radius 3 is 1.64 bits per heavy atom. The second-order valence-electron chi connectivity index (χ2n) is 2.65. The number of carbonyl (C=O) groups is 1. The van der Waals surface area contributed by atoms with E-state index in [4.69, 9.17) is 5.11 Å². The minimum atomic E-state index is -0.706. The fourth-order valence-electron chi connectivity index (χ4n) is 0.175. The van der Waals surface area contributed by atoms with Crippen LogP contribution >= 0.6 is 0 Å². The standard InChI is InChI=1S/C5H10O2.C4H10/c1-3-4(2)5(6)7;1-3-4-2/h4H,3H2,1-2H3,(H,6,7);3-4H2,1-2H3. The predicted molar refractivity (Wildman–Crippen MR) is 47.7 cm³/mol. The molecule has 68 valence electrons. The van der Waals surface area contributed by atoms with Gasteiger partial charge in [0.15, 0.2) is 0 Å². The number of aliphatic carboxylic acids is 1. The fourth-order valence-corrected chi connectivity index (χ4v) is 0.175. The van der Waals surface area contributed by atoms with Gasteiger partial charge in [-0.1, -0.05) is 40.5 Å². The van der Waals surface area contributed by atoms with Gasteiger partial charge in [0.1, 0.15) is 0 Å². The highest BCUT2D eigenvalue weighted by Gasteiger charge is 2.05. The molecule has 1 N–H and O–H groups in total. The molecule has 0 saturated heterocycles. The second-order valence-corrected chi connectivity index (χ2v) is 2.65. The third-order valence-electron chi connectivity index (χ3n) is 1.53. The summed E-state index contributed by atoms with van der Waals surface area (Å²) in [5, 5.41) is 8.18. The van der Waals surface area contributed by atoms with Crippen LogP contribution in [-0.4, -0.2) is 11.1 Å². The van der Waals surface area contributed by atoms with E-state index in [0.717, 1.165) is 6.42 Å². The summed E-state index contributed by atoms with van der Waals surface area (Å²) < 4.78 is 0. The number of carboxylic acid groups (broad SMARTS) is 1. The zero-order valence-corrected chi connectivity index (χ0v) is 8.05. The molecule has 0 rings (SSSR count). The smallest absolute Gasteiger partial charge is 0.306 e. The van der Waals surface area contributed by atoms with Crippen LogP contribution in [0.2, 0.25) is 0 Å². The summed E-state index contributed by atoms with van der Waals surface area (Å²) in [6, 6.07) is 0. The summed E-state index contributed by atoms with van der Waals surface area (Å²) >= 11 is 0. The molecule has 0 bridgehead atoms. The fraction of sp³-hybridized carbons (Fsp3) is 0.889. The van der Waals surface area contributed by atoms with E-state index in [2.05, 4.69) is 13.8 Å². The lowest BCUT2D eigenvalue weighted by molar-refractivity contribution is -0.141. The maximum absolute atomic E-state index is 9.93. The molecule has 0 saturated carbocycles. The van der Waals surface area contributed by atoms with E-state index in [0.29, 0.717) is 0 Å². The van der Waals surface area contributed by atoms with Crippen molar-refractivity contribution in [1.29, 1.82) is 0 Å². The molecule has 0 aliphatic carbocycles. The quantitative estimate of drug-likeness (QED) is 0.689. The average molecular weight is 160 g/mol. The van der Waals surface area contributed by atoms with Gasteiger partial charge >= 0.3 is 5.97 Å². The molecule has 0 amide bonds. The van der Waals surface area contributed by atoms with Gasteiger partial charge in [0.05, 0.1) is 5.92 Å². The van der Waals surface area contributed by atoms with Crippen molar-refractivity contribution in [2.45, 2.75) is 47.0 Å². The highest BCUT2D eigenvalue weighted by Crippen LogP contribution is 1.97. The summed E-state index contributed by atoms with van der Waals surface area (Å²) in [6.07, 6.45) is 3.36. The molecule has 1 atom stereocenters. The Kier molecular flexibility index (Phi) is 11.3. The van der Waals surface area contributed by atoms with Crippen molar-refractivity contribution in [2.75, 3.05) is 0 Å². The number of hydrogen-bond acceptors (Lipinski definition) is 1.